The van der Waals surface area contributed by atoms with Crippen molar-refractivity contribution < 1.29 is 21.6 Å². The molecule has 2 aromatic heterocycles. The average Bonchev–Trinajstić information content (AvgIpc) is 3.04. The summed E-state index contributed by atoms with van der Waals surface area (Å²) in [6, 6.07) is 11.7. The molecular formula is C20H15F3N4O2S. The molecule has 2 aromatic carbocycles. The molecule has 0 fully saturated rings. The van der Waals surface area contributed by atoms with E-state index in [0.717, 1.165) is 30.0 Å². The van der Waals surface area contributed by atoms with Crippen molar-refractivity contribution in [1.29, 1.82) is 0 Å². The molecule has 30 heavy (non-hydrogen) atoms. The van der Waals surface area contributed by atoms with Gasteiger partial charge >= 0.3 is 6.18 Å². The van der Waals surface area contributed by atoms with Crippen LogP contribution in [0.1, 0.15) is 11.3 Å². The maximum Gasteiger partial charge on any atom is 0.416 e. The highest BCUT2D eigenvalue weighted by molar-refractivity contribution is 7.92. The highest BCUT2D eigenvalue weighted by Gasteiger charge is 2.30. The summed E-state index contributed by atoms with van der Waals surface area (Å²) in [5.41, 5.74) is 1.49. The largest absolute Gasteiger partial charge is 0.416 e. The van der Waals surface area contributed by atoms with Gasteiger partial charge in [-0.1, -0.05) is 12.1 Å². The number of anilines is 1. The van der Waals surface area contributed by atoms with E-state index in [-0.39, 0.29) is 10.6 Å². The lowest BCUT2D eigenvalue weighted by Gasteiger charge is -2.11. The number of aryl methyl sites for hydroxylation is 1. The Morgan fingerprint density at radius 3 is 2.43 bits per heavy atom. The fourth-order valence-electron chi connectivity index (χ4n) is 3.04. The number of fused-ring (bicyclic) bond motifs is 1. The van der Waals surface area contributed by atoms with Crippen molar-refractivity contribution >= 4 is 21.5 Å². The lowest BCUT2D eigenvalue weighted by molar-refractivity contribution is -0.137. The van der Waals surface area contributed by atoms with Crippen LogP contribution in [0.5, 0.6) is 0 Å². The first kappa shape index (κ1) is 19.9. The van der Waals surface area contributed by atoms with E-state index in [0.29, 0.717) is 17.0 Å². The Bertz CT molecular complexity index is 1330. The minimum Gasteiger partial charge on any atom is -0.288 e. The van der Waals surface area contributed by atoms with E-state index in [4.69, 9.17) is 0 Å². The normalized spacial score (nSPS) is 12.3. The summed E-state index contributed by atoms with van der Waals surface area (Å²) in [7, 11) is -4.06. The van der Waals surface area contributed by atoms with Gasteiger partial charge in [-0.3, -0.25) is 9.12 Å². The van der Waals surface area contributed by atoms with Crippen LogP contribution in [-0.2, 0) is 16.2 Å². The number of aromatic nitrogens is 3. The molecule has 4 aromatic rings. The fourth-order valence-corrected chi connectivity index (χ4v) is 4.09. The molecule has 0 aliphatic carbocycles. The monoisotopic (exact) mass is 432 g/mol. The second kappa shape index (κ2) is 7.13. The number of hydrogen-bond donors (Lipinski definition) is 1. The zero-order valence-electron chi connectivity index (χ0n) is 15.6. The number of benzene rings is 2. The lowest BCUT2D eigenvalue weighted by Crippen LogP contribution is -2.13. The molecule has 2 heterocycles. The maximum atomic E-state index is 12.7. The molecule has 10 heteroatoms. The van der Waals surface area contributed by atoms with E-state index in [9.17, 15) is 21.6 Å². The summed E-state index contributed by atoms with van der Waals surface area (Å²) < 4.78 is 67.5. The van der Waals surface area contributed by atoms with Gasteiger partial charge in [-0.05, 0) is 49.4 Å². The van der Waals surface area contributed by atoms with Crippen molar-refractivity contribution in [2.24, 2.45) is 0 Å². The van der Waals surface area contributed by atoms with Gasteiger partial charge in [0.25, 0.3) is 10.0 Å². The van der Waals surface area contributed by atoms with E-state index in [1.807, 2.05) is 17.5 Å². The molecule has 0 spiro atoms. The van der Waals surface area contributed by atoms with Crippen molar-refractivity contribution in [2.45, 2.75) is 18.0 Å². The Balaban J connectivity index is 1.65. The maximum absolute atomic E-state index is 12.7. The van der Waals surface area contributed by atoms with Crippen molar-refractivity contribution in [1.82, 2.24) is 14.4 Å². The average molecular weight is 432 g/mol. The molecule has 1 N–H and O–H groups in total. The summed E-state index contributed by atoms with van der Waals surface area (Å²) in [5.74, 6) is 0.515. The van der Waals surface area contributed by atoms with Crippen LogP contribution in [0.15, 0.2) is 71.9 Å². The summed E-state index contributed by atoms with van der Waals surface area (Å²) in [6.45, 7) is 1.87. The smallest absolute Gasteiger partial charge is 0.288 e. The highest BCUT2D eigenvalue weighted by Crippen LogP contribution is 2.30. The van der Waals surface area contributed by atoms with E-state index in [1.54, 1.807) is 36.5 Å². The van der Waals surface area contributed by atoms with Crippen molar-refractivity contribution in [3.8, 4) is 11.3 Å². The molecule has 0 saturated carbocycles. The SMILES string of the molecule is Cc1c(-c2cccc(NS(=O)(=O)c3ccc(C(F)(F)F)cc3)c2)nc2ncccn12. The molecular weight excluding hydrogens is 417 g/mol. The summed E-state index contributed by atoms with van der Waals surface area (Å²) in [6.07, 6.45) is -1.09. The summed E-state index contributed by atoms with van der Waals surface area (Å²) in [4.78, 5) is 8.40. The third kappa shape index (κ3) is 3.73. The van der Waals surface area contributed by atoms with Gasteiger partial charge in [0.1, 0.15) is 0 Å². The number of hydrogen-bond acceptors (Lipinski definition) is 4. The Labute approximate surface area is 170 Å². The van der Waals surface area contributed by atoms with Gasteiger partial charge in [0.15, 0.2) is 0 Å². The van der Waals surface area contributed by atoms with Crippen LogP contribution < -0.4 is 4.72 Å². The molecule has 0 amide bonds. The van der Waals surface area contributed by atoms with E-state index in [2.05, 4.69) is 14.7 Å². The predicted octanol–water partition coefficient (Wildman–Crippen LogP) is 4.52. The van der Waals surface area contributed by atoms with Crippen LogP contribution in [0.2, 0.25) is 0 Å². The molecule has 0 unspecified atom stereocenters. The van der Waals surface area contributed by atoms with Crippen molar-refractivity contribution in [2.75, 3.05) is 4.72 Å². The Morgan fingerprint density at radius 1 is 1.03 bits per heavy atom. The number of alkyl halides is 3. The number of nitrogens with one attached hydrogen (secondary N) is 1. The first-order chi connectivity index (χ1) is 14.1. The Hall–Kier alpha value is -3.40. The first-order valence-electron chi connectivity index (χ1n) is 8.75. The van der Waals surface area contributed by atoms with Crippen LogP contribution >= 0.6 is 0 Å². The van der Waals surface area contributed by atoms with Crippen LogP contribution in [0.25, 0.3) is 17.0 Å². The molecule has 4 rings (SSSR count). The Kier molecular flexibility index (Phi) is 4.73. The van der Waals surface area contributed by atoms with E-state index < -0.39 is 21.8 Å². The molecule has 0 bridgehead atoms. The molecule has 154 valence electrons. The zero-order valence-corrected chi connectivity index (χ0v) is 16.4. The molecule has 6 nitrogen and oxygen atoms in total. The van der Waals surface area contributed by atoms with Gasteiger partial charge in [0, 0.05) is 29.3 Å². The topological polar surface area (TPSA) is 76.4 Å². The first-order valence-corrected chi connectivity index (χ1v) is 10.2. The zero-order chi connectivity index (χ0) is 21.5. The van der Waals surface area contributed by atoms with Gasteiger partial charge in [0.05, 0.1) is 16.2 Å². The van der Waals surface area contributed by atoms with Gasteiger partial charge in [-0.15, -0.1) is 0 Å². The molecule has 0 atom stereocenters. The standard InChI is InChI=1S/C20H15F3N4O2S/c1-13-18(25-19-24-10-3-11-27(13)19)14-4-2-5-16(12-14)26-30(28,29)17-8-6-15(7-9-17)20(21,22)23/h2-12,26H,1H3. The van der Waals surface area contributed by atoms with Crippen LogP contribution in [-0.4, -0.2) is 22.8 Å². The number of rotatable bonds is 4. The minimum absolute atomic E-state index is 0.261. The number of halogens is 3. The van der Waals surface area contributed by atoms with Crippen LogP contribution in [0.3, 0.4) is 0 Å². The minimum atomic E-state index is -4.54. The number of sulfonamides is 1. The summed E-state index contributed by atoms with van der Waals surface area (Å²) >= 11 is 0. The van der Waals surface area contributed by atoms with Crippen LogP contribution in [0, 0.1) is 6.92 Å². The molecule has 0 radical (unpaired) electrons. The van der Waals surface area contributed by atoms with Gasteiger partial charge in [-0.2, -0.15) is 13.2 Å². The molecule has 0 saturated heterocycles. The lowest BCUT2D eigenvalue weighted by atomic mass is 10.1. The second-order valence-electron chi connectivity index (χ2n) is 6.54. The second-order valence-corrected chi connectivity index (χ2v) is 8.23. The van der Waals surface area contributed by atoms with Gasteiger partial charge < -0.3 is 0 Å². The van der Waals surface area contributed by atoms with Crippen LogP contribution in [0.4, 0.5) is 18.9 Å². The predicted molar refractivity (Wildman–Crippen MR) is 105 cm³/mol. The van der Waals surface area contributed by atoms with Gasteiger partial charge in [0.2, 0.25) is 5.78 Å². The fraction of sp³-hybridized carbons (Fsp3) is 0.100. The van der Waals surface area contributed by atoms with Gasteiger partial charge in [-0.25, -0.2) is 18.4 Å². The highest BCUT2D eigenvalue weighted by atomic mass is 32.2. The molecule has 0 aliphatic heterocycles. The molecule has 0 aliphatic rings. The van der Waals surface area contributed by atoms with Crippen molar-refractivity contribution in [3.05, 3.63) is 78.2 Å². The number of imidazole rings is 1. The number of nitrogens with zero attached hydrogens (tertiary/aromatic N) is 3. The van der Waals surface area contributed by atoms with E-state index in [1.165, 1.54) is 0 Å². The quantitative estimate of drug-likeness (QED) is 0.514. The third-order valence-corrected chi connectivity index (χ3v) is 5.92. The Morgan fingerprint density at radius 2 is 1.77 bits per heavy atom. The van der Waals surface area contributed by atoms with E-state index >= 15 is 0 Å². The summed E-state index contributed by atoms with van der Waals surface area (Å²) in [5, 5.41) is 0. The van der Waals surface area contributed by atoms with Crippen molar-refractivity contribution in [3.63, 3.8) is 0 Å². The third-order valence-electron chi connectivity index (χ3n) is 4.52.